The molecule has 34 heavy (non-hydrogen) atoms. The maximum atomic E-state index is 11.1. The molecule has 0 aromatic heterocycles. The van der Waals surface area contributed by atoms with Crippen LogP contribution < -0.4 is 9.47 Å². The fraction of sp³-hybridized carbons (Fsp3) is 0.172. The number of benzene rings is 3. The van der Waals surface area contributed by atoms with E-state index < -0.39 is 5.97 Å². The monoisotopic (exact) mass is 453 g/mol. The van der Waals surface area contributed by atoms with Crippen molar-refractivity contribution < 1.29 is 19.4 Å². The summed E-state index contributed by atoms with van der Waals surface area (Å²) in [5.74, 6) is 0.219. The van der Waals surface area contributed by atoms with Gasteiger partial charge in [-0.2, -0.15) is 5.26 Å². The molecule has 1 N–H and O–H groups in total. The molecule has 0 aliphatic carbocycles. The zero-order valence-electron chi connectivity index (χ0n) is 19.4. The van der Waals surface area contributed by atoms with E-state index in [1.54, 1.807) is 30.3 Å². The standard InChI is InChI=1S/C29H27NO4/c1-4-6-25-15-22(16-26(18-30)23-11-7-20(3)8-12-23)17-27(33-5-2)28(25)34-19-21-9-13-24(14-10-21)29(31)32/h4,7-17H,1,5-6,19H2,2-3H3,(H,31,32)/b26-16-. The summed E-state index contributed by atoms with van der Waals surface area (Å²) in [4.78, 5) is 11.1. The average molecular weight is 454 g/mol. The van der Waals surface area contributed by atoms with Gasteiger partial charge in [0.1, 0.15) is 6.61 Å². The smallest absolute Gasteiger partial charge is 0.335 e. The van der Waals surface area contributed by atoms with E-state index in [0.717, 1.165) is 27.8 Å². The molecule has 5 nitrogen and oxygen atoms in total. The summed E-state index contributed by atoms with van der Waals surface area (Å²) in [6.45, 7) is 8.48. The highest BCUT2D eigenvalue weighted by atomic mass is 16.5. The van der Waals surface area contributed by atoms with E-state index in [9.17, 15) is 10.1 Å². The molecule has 3 aromatic carbocycles. The first-order chi connectivity index (χ1) is 16.4. The number of hydrogen-bond acceptors (Lipinski definition) is 4. The minimum atomic E-state index is -0.967. The highest BCUT2D eigenvalue weighted by Gasteiger charge is 2.14. The molecule has 0 spiro atoms. The number of hydrogen-bond donors (Lipinski definition) is 1. The number of rotatable bonds is 10. The van der Waals surface area contributed by atoms with Crippen LogP contribution >= 0.6 is 0 Å². The highest BCUT2D eigenvalue weighted by Crippen LogP contribution is 2.36. The van der Waals surface area contributed by atoms with Gasteiger partial charge in [0.25, 0.3) is 0 Å². The maximum Gasteiger partial charge on any atom is 0.335 e. The molecule has 0 atom stereocenters. The van der Waals surface area contributed by atoms with E-state index in [1.807, 2.05) is 56.3 Å². The minimum Gasteiger partial charge on any atom is -0.490 e. The van der Waals surface area contributed by atoms with Crippen molar-refractivity contribution in [3.63, 3.8) is 0 Å². The van der Waals surface area contributed by atoms with Gasteiger partial charge >= 0.3 is 5.97 Å². The summed E-state index contributed by atoms with van der Waals surface area (Å²) in [5.41, 5.74) is 5.31. The van der Waals surface area contributed by atoms with Gasteiger partial charge in [0, 0.05) is 5.56 Å². The number of carboxylic acids is 1. The predicted molar refractivity (Wildman–Crippen MR) is 134 cm³/mol. The average Bonchev–Trinajstić information content (AvgIpc) is 2.83. The number of nitriles is 1. The van der Waals surface area contributed by atoms with Crippen LogP contribution in [-0.4, -0.2) is 17.7 Å². The van der Waals surface area contributed by atoms with Gasteiger partial charge in [0.2, 0.25) is 0 Å². The Hall–Kier alpha value is -4.30. The number of carbonyl (C=O) groups is 1. The summed E-state index contributed by atoms with van der Waals surface area (Å²) in [7, 11) is 0. The van der Waals surface area contributed by atoms with Crippen molar-refractivity contribution in [2.75, 3.05) is 6.61 Å². The lowest BCUT2D eigenvalue weighted by Gasteiger charge is -2.17. The highest BCUT2D eigenvalue weighted by molar-refractivity contribution is 5.90. The number of aryl methyl sites for hydroxylation is 1. The van der Waals surface area contributed by atoms with Crippen LogP contribution in [0, 0.1) is 18.3 Å². The van der Waals surface area contributed by atoms with Gasteiger partial charge in [-0.3, -0.25) is 0 Å². The van der Waals surface area contributed by atoms with Crippen molar-refractivity contribution in [3.8, 4) is 17.6 Å². The first kappa shape index (κ1) is 24.3. The van der Waals surface area contributed by atoms with Gasteiger partial charge in [-0.1, -0.05) is 48.0 Å². The predicted octanol–water partition coefficient (Wildman–Crippen LogP) is 6.46. The third-order valence-corrected chi connectivity index (χ3v) is 5.20. The van der Waals surface area contributed by atoms with Crippen molar-refractivity contribution in [2.45, 2.75) is 26.9 Å². The van der Waals surface area contributed by atoms with Crippen LogP contribution in [0.25, 0.3) is 11.6 Å². The first-order valence-corrected chi connectivity index (χ1v) is 11.0. The molecule has 5 heteroatoms. The molecule has 0 fully saturated rings. The molecular weight excluding hydrogens is 426 g/mol. The molecule has 0 unspecified atom stereocenters. The fourth-order valence-corrected chi connectivity index (χ4v) is 3.48. The fourth-order valence-electron chi connectivity index (χ4n) is 3.48. The van der Waals surface area contributed by atoms with Gasteiger partial charge < -0.3 is 14.6 Å². The zero-order chi connectivity index (χ0) is 24.5. The summed E-state index contributed by atoms with van der Waals surface area (Å²) in [6.07, 6.45) is 4.19. The summed E-state index contributed by atoms with van der Waals surface area (Å²) >= 11 is 0. The molecular formula is C29H27NO4. The van der Waals surface area contributed by atoms with Crippen molar-refractivity contribution in [1.82, 2.24) is 0 Å². The Morgan fingerprint density at radius 3 is 2.32 bits per heavy atom. The number of nitrogens with zero attached hydrogens (tertiary/aromatic N) is 1. The molecule has 0 radical (unpaired) electrons. The SMILES string of the molecule is C=CCc1cc(/C=C(/C#N)c2ccc(C)cc2)cc(OCC)c1OCc1ccc(C(=O)O)cc1. The molecule has 0 bridgehead atoms. The Kier molecular flexibility index (Phi) is 8.26. The van der Waals surface area contributed by atoms with Crippen LogP contribution in [-0.2, 0) is 13.0 Å². The molecule has 0 amide bonds. The third-order valence-electron chi connectivity index (χ3n) is 5.20. The first-order valence-electron chi connectivity index (χ1n) is 11.0. The lowest BCUT2D eigenvalue weighted by atomic mass is 10.00. The molecule has 0 aliphatic heterocycles. The van der Waals surface area contributed by atoms with Crippen molar-refractivity contribution >= 4 is 17.6 Å². The van der Waals surface area contributed by atoms with Gasteiger partial charge in [-0.05, 0) is 67.3 Å². The van der Waals surface area contributed by atoms with E-state index in [-0.39, 0.29) is 12.2 Å². The molecule has 0 heterocycles. The lowest BCUT2D eigenvalue weighted by molar-refractivity contribution is 0.0697. The lowest BCUT2D eigenvalue weighted by Crippen LogP contribution is -2.04. The Labute approximate surface area is 200 Å². The quantitative estimate of drug-likeness (QED) is 0.216. The molecule has 3 aromatic rings. The zero-order valence-corrected chi connectivity index (χ0v) is 19.4. The van der Waals surface area contributed by atoms with Gasteiger partial charge in [-0.25, -0.2) is 4.79 Å². The molecule has 0 aliphatic rings. The maximum absolute atomic E-state index is 11.1. The van der Waals surface area contributed by atoms with E-state index in [2.05, 4.69) is 12.6 Å². The second kappa shape index (κ2) is 11.5. The van der Waals surface area contributed by atoms with Crippen LogP contribution in [0.4, 0.5) is 0 Å². The Bertz CT molecular complexity index is 1230. The van der Waals surface area contributed by atoms with E-state index in [1.165, 1.54) is 0 Å². The second-order valence-corrected chi connectivity index (χ2v) is 7.76. The van der Waals surface area contributed by atoms with Crippen molar-refractivity contribution in [1.29, 1.82) is 5.26 Å². The van der Waals surface area contributed by atoms with Gasteiger partial charge in [0.05, 0.1) is 23.8 Å². The molecule has 3 rings (SSSR count). The van der Waals surface area contributed by atoms with Crippen molar-refractivity contribution in [3.05, 3.63) is 107 Å². The summed E-state index contributed by atoms with van der Waals surface area (Å²) < 4.78 is 12.0. The van der Waals surface area contributed by atoms with Gasteiger partial charge in [-0.15, -0.1) is 6.58 Å². The largest absolute Gasteiger partial charge is 0.490 e. The van der Waals surface area contributed by atoms with Crippen molar-refractivity contribution in [2.24, 2.45) is 0 Å². The van der Waals surface area contributed by atoms with Crippen LogP contribution in [0.1, 0.15) is 45.1 Å². The van der Waals surface area contributed by atoms with Crippen LogP contribution in [0.15, 0.2) is 73.3 Å². The Morgan fingerprint density at radius 2 is 1.74 bits per heavy atom. The van der Waals surface area contributed by atoms with Crippen LogP contribution in [0.5, 0.6) is 11.5 Å². The van der Waals surface area contributed by atoms with E-state index >= 15 is 0 Å². The number of aromatic carboxylic acids is 1. The third kappa shape index (κ3) is 6.14. The molecule has 0 saturated carbocycles. The topological polar surface area (TPSA) is 79.5 Å². The van der Waals surface area contributed by atoms with Crippen LogP contribution in [0.2, 0.25) is 0 Å². The van der Waals surface area contributed by atoms with E-state index in [4.69, 9.17) is 14.6 Å². The van der Waals surface area contributed by atoms with Crippen LogP contribution in [0.3, 0.4) is 0 Å². The van der Waals surface area contributed by atoms with E-state index in [0.29, 0.717) is 30.1 Å². The second-order valence-electron chi connectivity index (χ2n) is 7.76. The molecule has 172 valence electrons. The summed E-state index contributed by atoms with van der Waals surface area (Å²) in [6, 6.07) is 20.5. The Balaban J connectivity index is 1.96. The number of ether oxygens (including phenoxy) is 2. The number of allylic oxidation sites excluding steroid dienone is 2. The normalized spacial score (nSPS) is 10.9. The number of carboxylic acid groups (broad SMARTS) is 1. The molecule has 0 saturated heterocycles. The summed E-state index contributed by atoms with van der Waals surface area (Å²) in [5, 5.41) is 18.8. The minimum absolute atomic E-state index is 0.226. The van der Waals surface area contributed by atoms with Gasteiger partial charge in [0.15, 0.2) is 11.5 Å². The Morgan fingerprint density at radius 1 is 1.06 bits per heavy atom.